The molecule has 3 nitrogen and oxygen atoms in total. The van der Waals surface area contributed by atoms with Gasteiger partial charge < -0.3 is 14.2 Å². The molecule has 1 aliphatic heterocycles. The highest BCUT2D eigenvalue weighted by molar-refractivity contribution is 6.95. The van der Waals surface area contributed by atoms with E-state index < -0.39 is 8.07 Å². The first-order valence-electron chi connectivity index (χ1n) is 10.8. The van der Waals surface area contributed by atoms with Crippen molar-refractivity contribution >= 4 is 13.3 Å². The van der Waals surface area contributed by atoms with Crippen molar-refractivity contribution in [3.63, 3.8) is 0 Å². The second kappa shape index (κ2) is 11.5. The molecule has 1 atom stereocenters. The Morgan fingerprint density at radius 1 is 1.03 bits per heavy atom. The molecular weight excluding hydrogens is 376 g/mol. The fourth-order valence-corrected chi connectivity index (χ4v) is 6.48. The van der Waals surface area contributed by atoms with Gasteiger partial charge in [0.1, 0.15) is 8.07 Å². The van der Waals surface area contributed by atoms with E-state index in [0.717, 1.165) is 25.9 Å². The van der Waals surface area contributed by atoms with Gasteiger partial charge in [0.15, 0.2) is 6.29 Å². The van der Waals surface area contributed by atoms with Crippen LogP contribution in [0.4, 0.5) is 0 Å². The molecule has 0 N–H and O–H groups in total. The third kappa shape index (κ3) is 6.93. The molecular formula is C25H34O3Si. The zero-order valence-corrected chi connectivity index (χ0v) is 18.8. The number of ether oxygens (including phenoxy) is 3. The minimum atomic E-state index is -1.76. The van der Waals surface area contributed by atoms with Crippen molar-refractivity contribution in [3.8, 4) is 0 Å². The lowest BCUT2D eigenvalue weighted by Gasteiger charge is -2.28. The predicted octanol–water partition coefficient (Wildman–Crippen LogP) is 5.22. The molecule has 0 aromatic heterocycles. The van der Waals surface area contributed by atoms with Crippen LogP contribution in [-0.4, -0.2) is 34.2 Å². The predicted molar refractivity (Wildman–Crippen MR) is 122 cm³/mol. The molecule has 2 aromatic rings. The number of rotatable bonds is 10. The summed E-state index contributed by atoms with van der Waals surface area (Å²) in [5.74, 6) is 0. The summed E-state index contributed by atoms with van der Waals surface area (Å²) in [6.45, 7) is 7.64. The number of benzene rings is 2. The van der Waals surface area contributed by atoms with Gasteiger partial charge in [0, 0.05) is 6.61 Å². The van der Waals surface area contributed by atoms with E-state index in [-0.39, 0.29) is 6.29 Å². The third-order valence-corrected chi connectivity index (χ3v) is 9.51. The second-order valence-corrected chi connectivity index (χ2v) is 12.6. The van der Waals surface area contributed by atoms with Crippen LogP contribution in [0.25, 0.3) is 0 Å². The summed E-state index contributed by atoms with van der Waals surface area (Å²) in [6.07, 6.45) is 6.57. The third-order valence-electron chi connectivity index (χ3n) is 5.67. The smallest absolute Gasteiger partial charge is 0.157 e. The molecule has 1 heterocycles. The van der Waals surface area contributed by atoms with Crippen LogP contribution in [0.3, 0.4) is 0 Å². The molecule has 4 heteroatoms. The molecule has 1 saturated heterocycles. The van der Waals surface area contributed by atoms with E-state index in [9.17, 15) is 0 Å². The summed E-state index contributed by atoms with van der Waals surface area (Å²) in [7, 11) is -1.76. The maximum atomic E-state index is 6.04. The van der Waals surface area contributed by atoms with Crippen LogP contribution in [0.15, 0.2) is 71.9 Å². The summed E-state index contributed by atoms with van der Waals surface area (Å²) in [6, 6.07) is 21.2. The van der Waals surface area contributed by atoms with Gasteiger partial charge in [0.2, 0.25) is 0 Å². The molecule has 2 aromatic carbocycles. The average molecular weight is 411 g/mol. The van der Waals surface area contributed by atoms with Gasteiger partial charge in [0.25, 0.3) is 0 Å². The van der Waals surface area contributed by atoms with Crippen LogP contribution in [0, 0.1) is 0 Å². The molecule has 0 radical (unpaired) electrons. The molecule has 0 amide bonds. The number of hydrogen-bond acceptors (Lipinski definition) is 3. The van der Waals surface area contributed by atoms with Crippen LogP contribution >= 0.6 is 0 Å². The Kier molecular flexibility index (Phi) is 8.68. The Hall–Kier alpha value is -1.72. The zero-order valence-electron chi connectivity index (χ0n) is 17.8. The van der Waals surface area contributed by atoms with Crippen molar-refractivity contribution in [2.75, 3.05) is 19.8 Å². The number of hydrogen-bond donors (Lipinski definition) is 0. The Labute approximate surface area is 176 Å². The molecule has 29 heavy (non-hydrogen) atoms. The maximum absolute atomic E-state index is 6.04. The van der Waals surface area contributed by atoms with E-state index in [1.54, 1.807) is 0 Å². The van der Waals surface area contributed by atoms with Gasteiger partial charge in [-0.25, -0.2) is 0 Å². The Morgan fingerprint density at radius 2 is 1.76 bits per heavy atom. The minimum absolute atomic E-state index is 0.0270. The molecule has 1 unspecified atom stereocenters. The van der Waals surface area contributed by atoms with Crippen molar-refractivity contribution < 1.29 is 14.2 Å². The normalized spacial score (nSPS) is 18.0. The fraction of sp³-hybridized carbons (Fsp3) is 0.440. The maximum Gasteiger partial charge on any atom is 0.157 e. The molecule has 0 spiro atoms. The lowest BCUT2D eigenvalue weighted by atomic mass is 10.2. The van der Waals surface area contributed by atoms with Crippen LogP contribution in [0.5, 0.6) is 0 Å². The zero-order chi connectivity index (χ0) is 20.4. The standard InChI is InChI=1S/C25H34O3Si/c1-29(2,23-13-7-4-8-14-23)24(17-20-28-25-15-9-10-18-27-25)16-19-26-21-22-11-5-3-6-12-22/h3-8,11-14,16,25H,9-10,15,17-21H2,1-2H3/b24-16-. The van der Waals surface area contributed by atoms with E-state index in [4.69, 9.17) is 14.2 Å². The second-order valence-electron chi connectivity index (χ2n) is 8.14. The largest absolute Gasteiger partial charge is 0.373 e. The summed E-state index contributed by atoms with van der Waals surface area (Å²) in [4.78, 5) is 0. The first kappa shape index (κ1) is 22.0. The minimum Gasteiger partial charge on any atom is -0.373 e. The SMILES string of the molecule is C[Si](C)(/C(=C\COCc1ccccc1)CCOC1CCCCO1)c1ccccc1. The van der Waals surface area contributed by atoms with Crippen LogP contribution in [-0.2, 0) is 20.8 Å². The molecule has 1 aliphatic rings. The highest BCUT2D eigenvalue weighted by atomic mass is 28.3. The van der Waals surface area contributed by atoms with Crippen molar-refractivity contribution in [1.82, 2.24) is 0 Å². The fourth-order valence-electron chi connectivity index (χ4n) is 3.76. The van der Waals surface area contributed by atoms with Crippen molar-refractivity contribution in [2.45, 2.75) is 51.7 Å². The van der Waals surface area contributed by atoms with Crippen LogP contribution in [0.2, 0.25) is 13.1 Å². The first-order valence-corrected chi connectivity index (χ1v) is 13.8. The lowest BCUT2D eigenvalue weighted by Crippen LogP contribution is -2.44. The van der Waals surface area contributed by atoms with Crippen molar-refractivity contribution in [1.29, 1.82) is 0 Å². The van der Waals surface area contributed by atoms with Gasteiger partial charge in [-0.3, -0.25) is 0 Å². The Morgan fingerprint density at radius 3 is 2.45 bits per heavy atom. The highest BCUT2D eigenvalue weighted by Gasteiger charge is 2.28. The average Bonchev–Trinajstić information content (AvgIpc) is 2.77. The first-order chi connectivity index (χ1) is 14.2. The van der Waals surface area contributed by atoms with Gasteiger partial charge in [-0.05, 0) is 31.2 Å². The monoisotopic (exact) mass is 410 g/mol. The van der Waals surface area contributed by atoms with Crippen LogP contribution in [0.1, 0.15) is 31.2 Å². The lowest BCUT2D eigenvalue weighted by molar-refractivity contribution is -0.161. The van der Waals surface area contributed by atoms with E-state index in [1.807, 2.05) is 6.07 Å². The summed E-state index contributed by atoms with van der Waals surface area (Å²) in [5.41, 5.74) is 1.21. The highest BCUT2D eigenvalue weighted by Crippen LogP contribution is 2.21. The molecule has 0 saturated carbocycles. The summed E-state index contributed by atoms with van der Waals surface area (Å²) in [5, 5.41) is 2.93. The molecule has 3 rings (SSSR count). The van der Waals surface area contributed by atoms with Gasteiger partial charge in [-0.1, -0.05) is 90.2 Å². The van der Waals surface area contributed by atoms with E-state index in [1.165, 1.54) is 22.4 Å². The molecule has 1 fully saturated rings. The van der Waals surface area contributed by atoms with Crippen molar-refractivity contribution in [2.24, 2.45) is 0 Å². The van der Waals surface area contributed by atoms with Gasteiger partial charge >= 0.3 is 0 Å². The van der Waals surface area contributed by atoms with Gasteiger partial charge in [-0.2, -0.15) is 0 Å². The molecule has 0 aliphatic carbocycles. The Bertz CT molecular complexity index is 737. The topological polar surface area (TPSA) is 27.7 Å². The summed E-state index contributed by atoms with van der Waals surface area (Å²) < 4.78 is 17.7. The molecule has 156 valence electrons. The molecule has 0 bridgehead atoms. The van der Waals surface area contributed by atoms with Crippen LogP contribution < -0.4 is 5.19 Å². The van der Waals surface area contributed by atoms with Gasteiger partial charge in [0.05, 0.1) is 19.8 Å². The quantitative estimate of drug-likeness (QED) is 0.397. The van der Waals surface area contributed by atoms with E-state index in [2.05, 4.69) is 73.8 Å². The Balaban J connectivity index is 1.61. The van der Waals surface area contributed by atoms with Crippen molar-refractivity contribution in [3.05, 3.63) is 77.5 Å². The van der Waals surface area contributed by atoms with Gasteiger partial charge in [-0.15, -0.1) is 0 Å². The van der Waals surface area contributed by atoms with E-state index >= 15 is 0 Å². The summed E-state index contributed by atoms with van der Waals surface area (Å²) >= 11 is 0. The van der Waals surface area contributed by atoms with E-state index in [0.29, 0.717) is 19.8 Å².